The molecule has 0 N–H and O–H groups in total. The summed E-state index contributed by atoms with van der Waals surface area (Å²) in [6, 6.07) is 14.7. The highest BCUT2D eigenvalue weighted by molar-refractivity contribution is 6.09. The van der Waals surface area contributed by atoms with Gasteiger partial charge in [0.2, 0.25) is 0 Å². The molecule has 2 aromatic carbocycles. The van der Waals surface area contributed by atoms with Crippen LogP contribution in [0.25, 0.3) is 21.9 Å². The standard InChI is InChI=1S/C25H26O5/c1-3-5-11-27-19-9-7-17-13-23(29-21(17)15-19)25(26)24-14-18-8-10-20(16-22(18)30-24)28-12-6-4-2/h7-10,13-16H,3-6,11-12H2,1-2H3. The van der Waals surface area contributed by atoms with E-state index in [1.807, 2.05) is 36.4 Å². The van der Waals surface area contributed by atoms with Gasteiger partial charge >= 0.3 is 0 Å². The second-order valence-electron chi connectivity index (χ2n) is 7.35. The first-order valence-electron chi connectivity index (χ1n) is 10.6. The molecule has 0 saturated heterocycles. The first-order valence-corrected chi connectivity index (χ1v) is 10.6. The molecule has 0 fully saturated rings. The lowest BCUT2D eigenvalue weighted by Crippen LogP contribution is -1.96. The zero-order chi connectivity index (χ0) is 20.9. The van der Waals surface area contributed by atoms with E-state index in [-0.39, 0.29) is 17.3 Å². The maximum absolute atomic E-state index is 12.9. The summed E-state index contributed by atoms with van der Waals surface area (Å²) in [4.78, 5) is 12.9. The predicted octanol–water partition coefficient (Wildman–Crippen LogP) is 6.77. The van der Waals surface area contributed by atoms with Crippen molar-refractivity contribution in [3.05, 3.63) is 60.1 Å². The van der Waals surface area contributed by atoms with Crippen molar-refractivity contribution >= 4 is 27.7 Å². The smallest absolute Gasteiger partial charge is 0.263 e. The molecule has 2 aromatic heterocycles. The summed E-state index contributed by atoms with van der Waals surface area (Å²) in [5.41, 5.74) is 1.24. The molecule has 5 nitrogen and oxygen atoms in total. The van der Waals surface area contributed by atoms with Gasteiger partial charge in [0.05, 0.1) is 13.2 Å². The minimum Gasteiger partial charge on any atom is -0.493 e. The summed E-state index contributed by atoms with van der Waals surface area (Å²) in [5.74, 6) is 1.68. The summed E-state index contributed by atoms with van der Waals surface area (Å²) in [6.07, 6.45) is 4.14. The monoisotopic (exact) mass is 406 g/mol. The third kappa shape index (κ3) is 4.35. The molecular formula is C25H26O5. The van der Waals surface area contributed by atoms with Crippen molar-refractivity contribution < 1.29 is 23.1 Å². The first-order chi connectivity index (χ1) is 14.7. The number of rotatable bonds is 10. The number of hydrogen-bond donors (Lipinski definition) is 0. The Morgan fingerprint density at radius 1 is 0.733 bits per heavy atom. The van der Waals surface area contributed by atoms with Gasteiger partial charge in [-0.1, -0.05) is 26.7 Å². The van der Waals surface area contributed by atoms with Crippen LogP contribution in [0.1, 0.15) is 55.8 Å². The maximum atomic E-state index is 12.9. The third-order valence-corrected chi connectivity index (χ3v) is 4.96. The lowest BCUT2D eigenvalue weighted by molar-refractivity contribution is 0.0987. The minimum absolute atomic E-state index is 0.245. The summed E-state index contributed by atoms with van der Waals surface area (Å²) < 4.78 is 23.0. The van der Waals surface area contributed by atoms with Gasteiger partial charge < -0.3 is 18.3 Å². The van der Waals surface area contributed by atoms with Crippen LogP contribution in [0.3, 0.4) is 0 Å². The second kappa shape index (κ2) is 9.08. The normalized spacial score (nSPS) is 11.3. The molecule has 0 unspecified atom stereocenters. The molecule has 0 aliphatic heterocycles. The zero-order valence-electron chi connectivity index (χ0n) is 17.4. The summed E-state index contributed by atoms with van der Waals surface area (Å²) >= 11 is 0. The number of furan rings is 2. The van der Waals surface area contributed by atoms with E-state index >= 15 is 0 Å². The third-order valence-electron chi connectivity index (χ3n) is 4.96. The first kappa shape index (κ1) is 20.1. The van der Waals surface area contributed by atoms with Crippen LogP contribution in [-0.4, -0.2) is 19.0 Å². The van der Waals surface area contributed by atoms with Crippen molar-refractivity contribution in [2.45, 2.75) is 39.5 Å². The molecule has 30 heavy (non-hydrogen) atoms. The highest BCUT2D eigenvalue weighted by Crippen LogP contribution is 2.29. The Bertz CT molecular complexity index is 1060. The number of fused-ring (bicyclic) bond motifs is 2. The van der Waals surface area contributed by atoms with Gasteiger partial charge in [-0.15, -0.1) is 0 Å². The molecule has 0 aliphatic rings. The SMILES string of the molecule is CCCCOc1ccc2cc(C(=O)c3cc4ccc(OCCCC)cc4o3)oc2c1. The minimum atomic E-state index is -0.288. The van der Waals surface area contributed by atoms with Crippen LogP contribution in [0, 0.1) is 0 Å². The summed E-state index contributed by atoms with van der Waals surface area (Å²) in [6.45, 7) is 5.57. The second-order valence-corrected chi connectivity index (χ2v) is 7.35. The van der Waals surface area contributed by atoms with Crippen LogP contribution in [-0.2, 0) is 0 Å². The van der Waals surface area contributed by atoms with Gasteiger partial charge in [-0.05, 0) is 49.2 Å². The fraction of sp³-hybridized carbons (Fsp3) is 0.320. The molecule has 2 heterocycles. The molecule has 0 aliphatic carbocycles. The molecule has 4 aromatic rings. The van der Waals surface area contributed by atoms with Crippen molar-refractivity contribution in [3.8, 4) is 11.5 Å². The van der Waals surface area contributed by atoms with Gasteiger partial charge in [0.25, 0.3) is 5.78 Å². The Hall–Kier alpha value is -3.21. The Morgan fingerprint density at radius 2 is 1.20 bits per heavy atom. The van der Waals surface area contributed by atoms with E-state index in [0.29, 0.717) is 24.4 Å². The molecule has 5 heteroatoms. The van der Waals surface area contributed by atoms with Crippen LogP contribution in [0.2, 0.25) is 0 Å². The van der Waals surface area contributed by atoms with Crippen LogP contribution >= 0.6 is 0 Å². The van der Waals surface area contributed by atoms with E-state index in [0.717, 1.165) is 48.0 Å². The van der Waals surface area contributed by atoms with E-state index < -0.39 is 0 Å². The fourth-order valence-electron chi connectivity index (χ4n) is 3.22. The molecule has 0 saturated carbocycles. The number of benzene rings is 2. The largest absolute Gasteiger partial charge is 0.493 e. The Morgan fingerprint density at radius 3 is 1.63 bits per heavy atom. The van der Waals surface area contributed by atoms with Gasteiger partial charge in [-0.2, -0.15) is 0 Å². The summed E-state index contributed by atoms with van der Waals surface area (Å²) in [5, 5.41) is 1.70. The Kier molecular flexibility index (Phi) is 6.07. The van der Waals surface area contributed by atoms with Gasteiger partial charge in [0.1, 0.15) is 22.7 Å². The van der Waals surface area contributed by atoms with Crippen molar-refractivity contribution in [2.24, 2.45) is 0 Å². The number of hydrogen-bond acceptors (Lipinski definition) is 5. The van der Waals surface area contributed by atoms with Crippen molar-refractivity contribution in [1.29, 1.82) is 0 Å². The van der Waals surface area contributed by atoms with Crippen molar-refractivity contribution in [2.75, 3.05) is 13.2 Å². The molecule has 0 radical (unpaired) electrons. The quantitative estimate of drug-likeness (QED) is 0.215. The molecule has 0 atom stereocenters. The predicted molar refractivity (Wildman–Crippen MR) is 117 cm³/mol. The molecule has 0 amide bonds. The van der Waals surface area contributed by atoms with Crippen LogP contribution in [0.4, 0.5) is 0 Å². The topological polar surface area (TPSA) is 61.8 Å². The number of unbranched alkanes of at least 4 members (excludes halogenated alkanes) is 2. The van der Waals surface area contributed by atoms with E-state index in [1.54, 1.807) is 12.1 Å². The van der Waals surface area contributed by atoms with E-state index in [2.05, 4.69) is 13.8 Å². The van der Waals surface area contributed by atoms with Gasteiger partial charge in [-0.25, -0.2) is 0 Å². The van der Waals surface area contributed by atoms with E-state index in [4.69, 9.17) is 18.3 Å². The Balaban J connectivity index is 1.54. The maximum Gasteiger partial charge on any atom is 0.263 e. The number of carbonyl (C=O) groups is 1. The van der Waals surface area contributed by atoms with E-state index in [9.17, 15) is 4.79 Å². The fourth-order valence-corrected chi connectivity index (χ4v) is 3.22. The van der Waals surface area contributed by atoms with Crippen molar-refractivity contribution in [3.63, 3.8) is 0 Å². The lowest BCUT2D eigenvalue weighted by atomic mass is 10.2. The Labute approximate surface area is 175 Å². The molecule has 0 spiro atoms. The highest BCUT2D eigenvalue weighted by Gasteiger charge is 2.19. The zero-order valence-corrected chi connectivity index (χ0v) is 17.4. The highest BCUT2D eigenvalue weighted by atomic mass is 16.5. The number of carbonyl (C=O) groups excluding carboxylic acids is 1. The van der Waals surface area contributed by atoms with Gasteiger partial charge in [0.15, 0.2) is 11.5 Å². The van der Waals surface area contributed by atoms with Gasteiger partial charge in [0, 0.05) is 22.9 Å². The average Bonchev–Trinajstić information content (AvgIpc) is 3.37. The molecule has 0 bridgehead atoms. The number of ketones is 1. The molecule has 4 rings (SSSR count). The van der Waals surface area contributed by atoms with Gasteiger partial charge in [-0.3, -0.25) is 4.79 Å². The van der Waals surface area contributed by atoms with Crippen molar-refractivity contribution in [1.82, 2.24) is 0 Å². The average molecular weight is 406 g/mol. The lowest BCUT2D eigenvalue weighted by Gasteiger charge is -2.04. The van der Waals surface area contributed by atoms with Crippen LogP contribution in [0.5, 0.6) is 11.5 Å². The van der Waals surface area contributed by atoms with Crippen LogP contribution < -0.4 is 9.47 Å². The van der Waals surface area contributed by atoms with E-state index in [1.165, 1.54) is 0 Å². The van der Waals surface area contributed by atoms with Crippen LogP contribution in [0.15, 0.2) is 57.4 Å². The summed E-state index contributed by atoms with van der Waals surface area (Å²) in [7, 11) is 0. The molecule has 156 valence electrons. The molecular weight excluding hydrogens is 380 g/mol. The number of ether oxygens (including phenoxy) is 2.